The van der Waals surface area contributed by atoms with Crippen molar-refractivity contribution in [3.63, 3.8) is 0 Å². The lowest BCUT2D eigenvalue weighted by molar-refractivity contribution is -0.384. The van der Waals surface area contributed by atoms with Gasteiger partial charge in [-0.05, 0) is 80.7 Å². The third-order valence-electron chi connectivity index (χ3n) is 8.16. The van der Waals surface area contributed by atoms with Crippen LogP contribution >= 0.6 is 11.6 Å². The number of hydrogen-bond donors (Lipinski definition) is 1. The van der Waals surface area contributed by atoms with Crippen molar-refractivity contribution in [2.75, 3.05) is 26.2 Å². The number of carbonyl (C=O) groups is 1. The molecule has 0 saturated carbocycles. The summed E-state index contributed by atoms with van der Waals surface area (Å²) in [6, 6.07) is 13.0. The molecule has 0 unspecified atom stereocenters. The van der Waals surface area contributed by atoms with Gasteiger partial charge in [-0.25, -0.2) is 4.79 Å². The van der Waals surface area contributed by atoms with Crippen LogP contribution in [0.4, 0.5) is 5.82 Å². The Labute approximate surface area is 236 Å². The molecule has 3 aromatic heterocycles. The van der Waals surface area contributed by atoms with Gasteiger partial charge in [-0.2, -0.15) is 0 Å². The molecule has 2 aliphatic rings. The molecule has 1 amide bonds. The van der Waals surface area contributed by atoms with Crippen molar-refractivity contribution in [2.45, 2.75) is 38.3 Å². The van der Waals surface area contributed by atoms with Gasteiger partial charge in [0.1, 0.15) is 6.20 Å². The van der Waals surface area contributed by atoms with E-state index in [0.29, 0.717) is 29.6 Å². The Morgan fingerprint density at radius 2 is 1.80 bits per heavy atom. The summed E-state index contributed by atoms with van der Waals surface area (Å²) >= 11 is 6.31. The van der Waals surface area contributed by atoms with Crippen LogP contribution in [0.1, 0.15) is 37.3 Å². The number of halogens is 1. The van der Waals surface area contributed by atoms with Crippen molar-refractivity contribution in [1.29, 1.82) is 0 Å². The molecule has 0 spiro atoms. The normalized spacial score (nSPS) is 17.4. The molecule has 0 atom stereocenters. The Kier molecular flexibility index (Phi) is 7.44. The van der Waals surface area contributed by atoms with Gasteiger partial charge in [0, 0.05) is 48.9 Å². The molecule has 4 aromatic rings. The number of aromatic nitrogens is 4. The molecule has 0 radical (unpaired) electrons. The molecule has 10 nitrogen and oxygen atoms in total. The van der Waals surface area contributed by atoms with Crippen LogP contribution in [-0.2, 0) is 11.3 Å². The molecule has 2 fully saturated rings. The number of amides is 1. The van der Waals surface area contributed by atoms with Gasteiger partial charge in [0.25, 0.3) is 0 Å². The van der Waals surface area contributed by atoms with Crippen LogP contribution < -0.4 is 10.8 Å². The lowest BCUT2D eigenvalue weighted by Gasteiger charge is -2.37. The quantitative estimate of drug-likeness (QED) is 0.366. The fourth-order valence-corrected chi connectivity index (χ4v) is 6.28. The van der Waals surface area contributed by atoms with Gasteiger partial charge >= 0.3 is 11.5 Å². The van der Waals surface area contributed by atoms with Crippen molar-refractivity contribution in [3.05, 3.63) is 87.7 Å². The van der Waals surface area contributed by atoms with Gasteiger partial charge in [-0.15, -0.1) is 0 Å². The number of piperidine rings is 2. The van der Waals surface area contributed by atoms with Gasteiger partial charge in [-0.3, -0.25) is 23.8 Å². The number of nitrogens with one attached hydrogen (secondary N) is 1. The third-order valence-corrected chi connectivity index (χ3v) is 8.40. The summed E-state index contributed by atoms with van der Waals surface area (Å²) < 4.78 is 3.54. The van der Waals surface area contributed by atoms with Gasteiger partial charge in [-0.1, -0.05) is 16.6 Å². The molecule has 11 heteroatoms. The first-order chi connectivity index (χ1) is 19.5. The van der Waals surface area contributed by atoms with E-state index in [9.17, 15) is 9.59 Å². The largest absolute Gasteiger partial charge is 0.614 e. The molecule has 6 rings (SSSR count). The second-order valence-corrected chi connectivity index (χ2v) is 11.0. The third kappa shape index (κ3) is 5.16. The minimum atomic E-state index is -0.112. The maximum atomic E-state index is 13.7. The molecule has 2 saturated heterocycles. The molecule has 2 aliphatic heterocycles. The Morgan fingerprint density at radius 3 is 2.52 bits per heavy atom. The molecule has 206 valence electrons. The summed E-state index contributed by atoms with van der Waals surface area (Å²) in [4.78, 5) is 39.7. The number of nitrogens with zero attached hydrogens (tertiary/aromatic N) is 7. The van der Waals surface area contributed by atoms with Crippen molar-refractivity contribution in [3.8, 4) is 5.69 Å². The van der Waals surface area contributed by atoms with Gasteiger partial charge in [0.15, 0.2) is 0 Å². The summed E-state index contributed by atoms with van der Waals surface area (Å²) in [7, 11) is 0. The van der Waals surface area contributed by atoms with E-state index in [0.717, 1.165) is 61.9 Å². The maximum absolute atomic E-state index is 13.7. The monoisotopic (exact) mass is 558 g/mol. The van der Waals surface area contributed by atoms with Gasteiger partial charge in [0.05, 0.1) is 22.9 Å². The molecule has 1 N–H and O–H groups in total. The predicted molar refractivity (Wildman–Crippen MR) is 151 cm³/mol. The van der Waals surface area contributed by atoms with Crippen LogP contribution in [0, 0.1) is 5.92 Å². The second kappa shape index (κ2) is 11.3. The maximum Gasteiger partial charge on any atom is 0.334 e. The van der Waals surface area contributed by atoms with E-state index in [-0.39, 0.29) is 23.6 Å². The van der Waals surface area contributed by atoms with Crippen LogP contribution in [-0.4, -0.2) is 61.0 Å². The standard InChI is InChI=1S/C29H31ClN8O2/c30-22-3-4-25-26(17-22)38(24-2-1-10-32-18-24)29(40)37(25)23-8-14-36(15-9-23)28(39)21-6-12-35(13-7-21)19-20-5-11-33-27(16-20)34-31/h1-5,10-11,16-18,21,23,34H,6-9,12-15,19H2. The number of pyridine rings is 2. The van der Waals surface area contributed by atoms with Gasteiger partial charge in [0.2, 0.25) is 5.91 Å². The zero-order valence-corrected chi connectivity index (χ0v) is 22.9. The summed E-state index contributed by atoms with van der Waals surface area (Å²) in [5.74, 6) is 0.682. The first-order valence-electron chi connectivity index (χ1n) is 13.7. The summed E-state index contributed by atoms with van der Waals surface area (Å²) in [5.41, 5.74) is 12.3. The molecule has 0 bridgehead atoms. The summed E-state index contributed by atoms with van der Waals surface area (Å²) in [5, 5.41) is 2.66. The average Bonchev–Trinajstić information content (AvgIpc) is 3.28. The molecular weight excluding hydrogens is 528 g/mol. The van der Waals surface area contributed by atoms with E-state index in [1.165, 1.54) is 0 Å². The van der Waals surface area contributed by atoms with Crippen molar-refractivity contribution in [2.24, 2.45) is 5.92 Å². The second-order valence-electron chi connectivity index (χ2n) is 10.6. The lowest BCUT2D eigenvalue weighted by atomic mass is 9.93. The number of fused-ring (bicyclic) bond motifs is 1. The van der Waals surface area contributed by atoms with E-state index in [2.05, 4.69) is 20.0 Å². The fourth-order valence-electron chi connectivity index (χ4n) is 6.11. The Balaban J connectivity index is 1.11. The fraction of sp³-hybridized carbons (Fsp3) is 0.379. The lowest BCUT2D eigenvalue weighted by Crippen LogP contribution is -2.55. The predicted octanol–water partition coefficient (Wildman–Crippen LogP) is 3.05. The molecular formula is C29H31ClN8O2. The number of benzene rings is 1. The smallest absolute Gasteiger partial charge is 0.334 e. The Hall–Kier alpha value is -3.89. The molecule has 0 aliphatic carbocycles. The van der Waals surface area contributed by atoms with Crippen LogP contribution in [0.5, 0.6) is 0 Å². The van der Waals surface area contributed by atoms with Crippen LogP contribution in [0.25, 0.3) is 22.3 Å². The van der Waals surface area contributed by atoms with Crippen LogP contribution in [0.2, 0.25) is 5.02 Å². The highest BCUT2D eigenvalue weighted by Crippen LogP contribution is 2.30. The zero-order chi connectivity index (χ0) is 27.6. The molecule has 40 heavy (non-hydrogen) atoms. The first-order valence-corrected chi connectivity index (χ1v) is 14.1. The van der Waals surface area contributed by atoms with Crippen molar-refractivity contribution in [1.82, 2.24) is 28.9 Å². The minimum Gasteiger partial charge on any atom is -0.614 e. The number of imidazole rings is 1. The number of carbonyl (C=O) groups excluding carboxylic acids is 1. The van der Waals surface area contributed by atoms with Gasteiger partial charge < -0.3 is 15.5 Å². The number of rotatable bonds is 6. The van der Waals surface area contributed by atoms with E-state index in [1.807, 2.05) is 51.9 Å². The van der Waals surface area contributed by atoms with Crippen molar-refractivity contribution < 1.29 is 9.91 Å². The topological polar surface area (TPSA) is 113 Å². The van der Waals surface area contributed by atoms with Crippen molar-refractivity contribution >= 4 is 34.4 Å². The van der Waals surface area contributed by atoms with Crippen LogP contribution in [0.15, 0.2) is 65.8 Å². The summed E-state index contributed by atoms with van der Waals surface area (Å²) in [6.45, 7) is 3.73. The summed E-state index contributed by atoms with van der Waals surface area (Å²) in [6.07, 6.45) is 8.14. The van der Waals surface area contributed by atoms with E-state index in [1.54, 1.807) is 23.2 Å². The molecule has 1 aromatic carbocycles. The highest BCUT2D eigenvalue weighted by molar-refractivity contribution is 6.31. The number of hydrogen-bond acceptors (Lipinski definition) is 5. The zero-order valence-electron chi connectivity index (χ0n) is 22.1. The average molecular weight is 559 g/mol. The SMILES string of the molecule is [N-]=[NH+]c1cc(CN2CCC(C(=O)N3CCC(n4c(=O)n(-c5cccnc5)c5cc(Cl)ccc54)CC3)CC2)ccn1. The van der Waals surface area contributed by atoms with E-state index >= 15 is 0 Å². The Bertz CT molecular complexity index is 1580. The molecule has 5 heterocycles. The highest BCUT2D eigenvalue weighted by atomic mass is 35.5. The highest BCUT2D eigenvalue weighted by Gasteiger charge is 2.32. The first kappa shape index (κ1) is 26.3. The minimum absolute atomic E-state index is 0.00124. The van der Waals surface area contributed by atoms with E-state index in [4.69, 9.17) is 17.1 Å². The Morgan fingerprint density at radius 1 is 1.00 bits per heavy atom. The van der Waals surface area contributed by atoms with Crippen LogP contribution in [0.3, 0.4) is 0 Å². The number of likely N-dealkylation sites (tertiary alicyclic amines) is 2. The van der Waals surface area contributed by atoms with E-state index < -0.39 is 0 Å².